The van der Waals surface area contributed by atoms with Crippen LogP contribution in [0.4, 0.5) is 8.78 Å². The maximum absolute atomic E-state index is 14.6. The first kappa shape index (κ1) is 21.1. The molecule has 1 aliphatic carbocycles. The summed E-state index contributed by atoms with van der Waals surface area (Å²) in [5.74, 6) is -3.55. The molecule has 0 radical (unpaired) electrons. The lowest BCUT2D eigenvalue weighted by Crippen LogP contribution is -2.30. The third-order valence-corrected chi connectivity index (χ3v) is 5.58. The number of halogens is 2. The molecule has 0 N–H and O–H groups in total. The van der Waals surface area contributed by atoms with Gasteiger partial charge in [-0.3, -0.25) is 0 Å². The van der Waals surface area contributed by atoms with Crippen LogP contribution in [0, 0.1) is 0 Å². The van der Waals surface area contributed by atoms with Gasteiger partial charge in [-0.25, -0.2) is 9.48 Å². The van der Waals surface area contributed by atoms with Crippen molar-refractivity contribution in [3.63, 3.8) is 0 Å². The first-order valence-electron chi connectivity index (χ1n) is 8.76. The van der Waals surface area contributed by atoms with Crippen LogP contribution < -0.4 is 0 Å². The van der Waals surface area contributed by atoms with Crippen molar-refractivity contribution in [3.05, 3.63) is 11.4 Å². The lowest BCUT2D eigenvalue weighted by molar-refractivity contribution is -0.155. The van der Waals surface area contributed by atoms with Gasteiger partial charge in [-0.1, -0.05) is 5.21 Å². The number of ether oxygens (including phenoxy) is 2. The molecule has 1 aliphatic rings. The van der Waals surface area contributed by atoms with Crippen molar-refractivity contribution in [2.24, 2.45) is 0 Å². The van der Waals surface area contributed by atoms with E-state index in [2.05, 4.69) is 10.3 Å². The predicted molar refractivity (Wildman–Crippen MR) is 95.3 cm³/mol. The Morgan fingerprint density at radius 1 is 1.42 bits per heavy atom. The quantitative estimate of drug-likeness (QED) is 0.692. The highest BCUT2D eigenvalue weighted by molar-refractivity contribution is 7.99. The Labute approximate surface area is 157 Å². The third kappa shape index (κ3) is 4.94. The van der Waals surface area contributed by atoms with Crippen LogP contribution in [0.1, 0.15) is 58.3 Å². The molecule has 0 fully saturated rings. The SMILES string of the molecule is CSC(C)(C)n1nnc2c1CCC(OCC(=O)OC(C)C)CCC2(F)F. The summed E-state index contributed by atoms with van der Waals surface area (Å²) < 4.78 is 41.4. The number of rotatable bonds is 6. The number of carbonyl (C=O) groups is 1. The van der Waals surface area contributed by atoms with E-state index < -0.39 is 22.9 Å². The Balaban J connectivity index is 2.15. The van der Waals surface area contributed by atoms with Crippen molar-refractivity contribution in [3.8, 4) is 0 Å². The van der Waals surface area contributed by atoms with E-state index in [1.165, 1.54) is 11.8 Å². The molecule has 0 aliphatic heterocycles. The molecule has 0 aromatic carbocycles. The van der Waals surface area contributed by atoms with Gasteiger partial charge in [-0.05, 0) is 53.2 Å². The van der Waals surface area contributed by atoms with Gasteiger partial charge in [-0.15, -0.1) is 16.9 Å². The van der Waals surface area contributed by atoms with Crippen molar-refractivity contribution in [2.45, 2.75) is 76.4 Å². The minimum atomic E-state index is -3.07. The molecule has 2 rings (SSSR count). The summed E-state index contributed by atoms with van der Waals surface area (Å²) in [5, 5.41) is 7.79. The van der Waals surface area contributed by atoms with Crippen molar-refractivity contribution >= 4 is 17.7 Å². The number of hydrogen-bond acceptors (Lipinski definition) is 6. The lowest BCUT2D eigenvalue weighted by Gasteiger charge is -2.28. The molecule has 148 valence electrons. The summed E-state index contributed by atoms with van der Waals surface area (Å²) in [4.78, 5) is 11.2. The molecule has 0 spiro atoms. The van der Waals surface area contributed by atoms with Gasteiger partial charge in [0.15, 0.2) is 5.69 Å². The zero-order valence-electron chi connectivity index (χ0n) is 15.9. The normalized spacial score (nSPS) is 20.4. The van der Waals surface area contributed by atoms with Crippen LogP contribution in [0.25, 0.3) is 0 Å². The summed E-state index contributed by atoms with van der Waals surface area (Å²) in [6.07, 6.45) is 1.89. The summed E-state index contributed by atoms with van der Waals surface area (Å²) in [5.41, 5.74) is 0.199. The van der Waals surface area contributed by atoms with E-state index in [9.17, 15) is 13.6 Å². The van der Waals surface area contributed by atoms with Gasteiger partial charge >= 0.3 is 5.97 Å². The van der Waals surface area contributed by atoms with Gasteiger partial charge in [0.1, 0.15) is 11.5 Å². The number of thioether (sulfide) groups is 1. The highest BCUT2D eigenvalue weighted by Gasteiger charge is 2.42. The number of esters is 1. The molecular formula is C17H27F2N3O3S. The highest BCUT2D eigenvalue weighted by Crippen LogP contribution is 2.39. The van der Waals surface area contributed by atoms with Crippen LogP contribution in [0.2, 0.25) is 0 Å². The highest BCUT2D eigenvalue weighted by atomic mass is 32.2. The van der Waals surface area contributed by atoms with Crippen LogP contribution in [-0.4, -0.2) is 46.0 Å². The number of fused-ring (bicyclic) bond motifs is 1. The standard InChI is InChI=1S/C17H27F2N3O3S/c1-11(2)25-14(23)10-24-12-6-7-13-15(17(18,19)9-8-12)20-21-22(13)16(3,4)26-5/h11-12H,6-10H2,1-5H3. The molecule has 0 saturated heterocycles. The van der Waals surface area contributed by atoms with Crippen LogP contribution in [0.3, 0.4) is 0 Å². The molecule has 0 bridgehead atoms. The number of hydrogen-bond donors (Lipinski definition) is 0. The summed E-state index contributed by atoms with van der Waals surface area (Å²) in [6.45, 7) is 7.10. The Kier molecular flexibility index (Phi) is 6.65. The second-order valence-electron chi connectivity index (χ2n) is 7.20. The summed E-state index contributed by atoms with van der Waals surface area (Å²) in [7, 11) is 0. The van der Waals surface area contributed by atoms with E-state index in [0.717, 1.165) is 0 Å². The van der Waals surface area contributed by atoms with Gasteiger partial charge in [0.25, 0.3) is 5.92 Å². The van der Waals surface area contributed by atoms with Gasteiger partial charge in [0, 0.05) is 6.42 Å². The van der Waals surface area contributed by atoms with Gasteiger partial charge in [0.05, 0.1) is 17.9 Å². The number of nitrogens with zero attached hydrogens (tertiary/aromatic N) is 3. The number of carbonyl (C=O) groups excluding carboxylic acids is 1. The number of aromatic nitrogens is 3. The molecule has 1 heterocycles. The van der Waals surface area contributed by atoms with Crippen molar-refractivity contribution in [1.29, 1.82) is 0 Å². The second-order valence-corrected chi connectivity index (χ2v) is 8.61. The van der Waals surface area contributed by atoms with E-state index in [1.807, 2.05) is 20.1 Å². The Hall–Kier alpha value is -1.22. The fraction of sp³-hybridized carbons (Fsp3) is 0.824. The second kappa shape index (κ2) is 8.21. The summed E-state index contributed by atoms with van der Waals surface area (Å²) in [6, 6.07) is 0. The van der Waals surface area contributed by atoms with Crippen LogP contribution in [0.15, 0.2) is 0 Å². The monoisotopic (exact) mass is 391 g/mol. The first-order chi connectivity index (χ1) is 12.1. The largest absolute Gasteiger partial charge is 0.461 e. The molecule has 0 amide bonds. The first-order valence-corrected chi connectivity index (χ1v) is 9.99. The lowest BCUT2D eigenvalue weighted by atomic mass is 9.96. The minimum absolute atomic E-state index is 0.153. The van der Waals surface area contributed by atoms with Crippen LogP contribution in [-0.2, 0) is 31.5 Å². The molecule has 6 nitrogen and oxygen atoms in total. The van der Waals surface area contributed by atoms with E-state index in [0.29, 0.717) is 18.5 Å². The Morgan fingerprint density at radius 3 is 2.73 bits per heavy atom. The van der Waals surface area contributed by atoms with E-state index in [4.69, 9.17) is 9.47 Å². The fourth-order valence-corrected chi connectivity index (χ4v) is 3.20. The summed E-state index contributed by atoms with van der Waals surface area (Å²) >= 11 is 1.51. The maximum Gasteiger partial charge on any atom is 0.332 e. The zero-order chi connectivity index (χ0) is 19.5. The molecule has 0 saturated carbocycles. The average molecular weight is 391 g/mol. The van der Waals surface area contributed by atoms with Crippen LogP contribution in [0.5, 0.6) is 0 Å². The van der Waals surface area contributed by atoms with Crippen molar-refractivity contribution in [2.75, 3.05) is 12.9 Å². The molecule has 26 heavy (non-hydrogen) atoms. The third-order valence-electron chi connectivity index (χ3n) is 4.41. The molecule has 1 aromatic heterocycles. The van der Waals surface area contributed by atoms with Gasteiger partial charge < -0.3 is 9.47 Å². The van der Waals surface area contributed by atoms with Crippen LogP contribution >= 0.6 is 11.8 Å². The molecular weight excluding hydrogens is 364 g/mol. The maximum atomic E-state index is 14.6. The fourth-order valence-electron chi connectivity index (χ4n) is 2.88. The Bertz CT molecular complexity index is 621. The van der Waals surface area contributed by atoms with Crippen molar-refractivity contribution in [1.82, 2.24) is 15.0 Å². The Morgan fingerprint density at radius 2 is 2.12 bits per heavy atom. The van der Waals surface area contributed by atoms with Gasteiger partial charge in [0.2, 0.25) is 0 Å². The van der Waals surface area contributed by atoms with E-state index in [-0.39, 0.29) is 31.2 Å². The van der Waals surface area contributed by atoms with E-state index >= 15 is 0 Å². The smallest absolute Gasteiger partial charge is 0.332 e. The molecule has 1 unspecified atom stereocenters. The molecule has 1 aromatic rings. The van der Waals surface area contributed by atoms with Gasteiger partial charge in [-0.2, -0.15) is 8.78 Å². The average Bonchev–Trinajstić information content (AvgIpc) is 2.97. The van der Waals surface area contributed by atoms with E-state index in [1.54, 1.807) is 18.5 Å². The molecule has 9 heteroatoms. The zero-order valence-corrected chi connectivity index (χ0v) is 16.7. The molecule has 1 atom stereocenters. The minimum Gasteiger partial charge on any atom is -0.461 e. The number of alkyl halides is 2. The van der Waals surface area contributed by atoms with Crippen molar-refractivity contribution < 1.29 is 23.0 Å². The topological polar surface area (TPSA) is 66.2 Å². The predicted octanol–water partition coefficient (Wildman–Crippen LogP) is 3.49.